The Morgan fingerprint density at radius 1 is 0.455 bits per heavy atom. The van der Waals surface area contributed by atoms with Gasteiger partial charge in [0.05, 0.1) is 19.8 Å². The second-order valence-electron chi connectivity index (χ2n) is 17.0. The Bertz CT molecular complexity index is 791. The highest BCUT2D eigenvalue weighted by atomic mass is 16.5. The molecule has 1 N–H and O–H groups in total. The normalized spacial score (nSPS) is 11.7. The van der Waals surface area contributed by atoms with E-state index in [1.807, 2.05) is 7.05 Å². The zero-order valence-electron chi connectivity index (χ0n) is 37.7. The number of hydrogen-bond donors (Lipinski definition) is 1. The van der Waals surface area contributed by atoms with E-state index < -0.39 is 0 Å². The van der Waals surface area contributed by atoms with Gasteiger partial charge in [0.25, 0.3) is 0 Å². The molecule has 0 heterocycles. The van der Waals surface area contributed by atoms with Gasteiger partial charge in [0.1, 0.15) is 0 Å². The van der Waals surface area contributed by atoms with Gasteiger partial charge >= 0.3 is 11.9 Å². The molecule has 0 aliphatic rings. The van der Waals surface area contributed by atoms with Crippen molar-refractivity contribution in [2.24, 2.45) is 11.8 Å². The van der Waals surface area contributed by atoms with Crippen LogP contribution in [-0.4, -0.2) is 62.1 Å². The second kappa shape index (κ2) is 40.6. The Balaban J connectivity index is 4.27. The Labute approximate surface area is 342 Å². The first-order valence-electron chi connectivity index (χ1n) is 24.1. The number of nitrogens with zero attached hydrogens (tertiary/aromatic N) is 1. The molecule has 0 bridgehead atoms. The van der Waals surface area contributed by atoms with Crippen molar-refractivity contribution < 1.29 is 23.9 Å². The summed E-state index contributed by atoms with van der Waals surface area (Å²) in [6, 6.07) is 0.247. The highest BCUT2D eigenvalue weighted by Crippen LogP contribution is 2.23. The lowest BCUT2D eigenvalue weighted by atomic mass is 9.92. The first kappa shape index (κ1) is 53.4. The van der Waals surface area contributed by atoms with Gasteiger partial charge in [-0.25, -0.2) is 0 Å². The molecule has 0 rings (SSSR count). The maximum atomic E-state index is 12.7. The number of amides is 1. The van der Waals surface area contributed by atoms with Crippen LogP contribution in [0.3, 0.4) is 0 Å². The molecule has 0 aromatic carbocycles. The monoisotopic (exact) mass is 779 g/mol. The lowest BCUT2D eigenvalue weighted by molar-refractivity contribution is -0.146. The summed E-state index contributed by atoms with van der Waals surface area (Å²) in [6.45, 7) is 13.5. The summed E-state index contributed by atoms with van der Waals surface area (Å²) in [7, 11) is 2.00. The van der Waals surface area contributed by atoms with Gasteiger partial charge in [0, 0.05) is 18.9 Å². The predicted molar refractivity (Wildman–Crippen MR) is 234 cm³/mol. The number of likely N-dealkylation sites (N-methyl/N-ethyl adjacent to an activating group) is 1. The van der Waals surface area contributed by atoms with Crippen LogP contribution >= 0.6 is 0 Å². The summed E-state index contributed by atoms with van der Waals surface area (Å²) >= 11 is 0. The summed E-state index contributed by atoms with van der Waals surface area (Å²) in [6.07, 6.45) is 36.2. The van der Waals surface area contributed by atoms with Crippen molar-refractivity contribution in [1.82, 2.24) is 10.2 Å². The van der Waals surface area contributed by atoms with E-state index in [0.29, 0.717) is 44.4 Å². The van der Waals surface area contributed by atoms with Gasteiger partial charge in [-0.1, -0.05) is 176 Å². The van der Waals surface area contributed by atoms with E-state index in [-0.39, 0.29) is 23.9 Å². The zero-order chi connectivity index (χ0) is 40.6. The summed E-state index contributed by atoms with van der Waals surface area (Å²) in [4.78, 5) is 39.8. The van der Waals surface area contributed by atoms with Crippen LogP contribution in [0.1, 0.15) is 240 Å². The molecule has 7 heteroatoms. The molecule has 0 unspecified atom stereocenters. The molecule has 1 amide bonds. The number of nitrogens with one attached hydrogen (secondary N) is 1. The van der Waals surface area contributed by atoms with E-state index in [1.54, 1.807) is 0 Å². The average molecular weight is 779 g/mol. The minimum atomic E-state index is 0.00332. The minimum Gasteiger partial charge on any atom is -0.466 e. The largest absolute Gasteiger partial charge is 0.466 e. The Kier molecular flexibility index (Phi) is 39.4. The lowest BCUT2D eigenvalue weighted by Gasteiger charge is -2.21. The van der Waals surface area contributed by atoms with Crippen LogP contribution in [0.2, 0.25) is 0 Å². The van der Waals surface area contributed by atoms with E-state index in [1.165, 1.54) is 116 Å². The van der Waals surface area contributed by atoms with Gasteiger partial charge < -0.3 is 14.8 Å². The first-order valence-corrected chi connectivity index (χ1v) is 24.1. The average Bonchev–Trinajstić information content (AvgIpc) is 3.16. The smallest absolute Gasteiger partial charge is 0.306 e. The maximum absolute atomic E-state index is 12.7. The number of ether oxygens (including phenoxy) is 2. The summed E-state index contributed by atoms with van der Waals surface area (Å²) in [5, 5.41) is 3.35. The quantitative estimate of drug-likeness (QED) is 0.0491. The van der Waals surface area contributed by atoms with E-state index in [0.717, 1.165) is 83.6 Å². The topological polar surface area (TPSA) is 84.9 Å². The molecule has 0 aromatic heterocycles. The lowest BCUT2D eigenvalue weighted by Crippen LogP contribution is -2.41. The van der Waals surface area contributed by atoms with Crippen molar-refractivity contribution in [2.45, 2.75) is 246 Å². The van der Waals surface area contributed by atoms with Crippen molar-refractivity contribution in [3.05, 3.63) is 0 Å². The fraction of sp³-hybridized carbons (Fsp3) is 0.938. The molecule has 0 aliphatic carbocycles. The van der Waals surface area contributed by atoms with Gasteiger partial charge in [-0.15, -0.1) is 0 Å². The van der Waals surface area contributed by atoms with Crippen LogP contribution in [0.25, 0.3) is 0 Å². The van der Waals surface area contributed by atoms with Crippen LogP contribution in [0.4, 0.5) is 0 Å². The molecule has 0 fully saturated rings. The Morgan fingerprint density at radius 3 is 1.13 bits per heavy atom. The van der Waals surface area contributed by atoms with Gasteiger partial charge in [-0.3, -0.25) is 19.3 Å². The van der Waals surface area contributed by atoms with E-state index in [4.69, 9.17) is 9.47 Å². The molecule has 0 radical (unpaired) electrons. The number of carbonyl (C=O) groups excluding carboxylic acids is 3. The molecular weight excluding hydrogens is 685 g/mol. The molecule has 0 saturated carbocycles. The van der Waals surface area contributed by atoms with Gasteiger partial charge in [-0.05, 0) is 76.8 Å². The third kappa shape index (κ3) is 36.5. The van der Waals surface area contributed by atoms with Crippen LogP contribution in [0.5, 0.6) is 0 Å². The van der Waals surface area contributed by atoms with E-state index >= 15 is 0 Å². The van der Waals surface area contributed by atoms with Gasteiger partial charge in [0.15, 0.2) is 0 Å². The van der Waals surface area contributed by atoms with Gasteiger partial charge in [0.2, 0.25) is 5.91 Å². The predicted octanol–water partition coefficient (Wildman–Crippen LogP) is 13.3. The molecule has 0 spiro atoms. The second-order valence-corrected chi connectivity index (χ2v) is 17.0. The zero-order valence-corrected chi connectivity index (χ0v) is 37.7. The molecule has 0 aliphatic heterocycles. The first-order chi connectivity index (χ1) is 26.8. The molecule has 0 saturated heterocycles. The molecular formula is C48H94N2O5. The highest BCUT2D eigenvalue weighted by Gasteiger charge is 2.17. The van der Waals surface area contributed by atoms with Crippen LogP contribution in [-0.2, 0) is 23.9 Å². The third-order valence-electron chi connectivity index (χ3n) is 11.5. The van der Waals surface area contributed by atoms with Crippen molar-refractivity contribution >= 4 is 17.8 Å². The minimum absolute atomic E-state index is 0.00332. The Hall–Kier alpha value is -1.63. The van der Waals surface area contributed by atoms with Crippen molar-refractivity contribution in [2.75, 3.05) is 33.4 Å². The van der Waals surface area contributed by atoms with Crippen LogP contribution in [0, 0.1) is 11.8 Å². The molecule has 0 atom stereocenters. The molecule has 326 valence electrons. The SMILES string of the molecule is CCCCCC(CCCCC)CC(=O)OCCCCCCCCC(CCCCCCCCOC(=O)CC(CCCCC)CCCCC)NC(=O)CN(C)CC. The van der Waals surface area contributed by atoms with E-state index in [9.17, 15) is 14.4 Å². The molecule has 0 aromatic rings. The number of esters is 2. The summed E-state index contributed by atoms with van der Waals surface area (Å²) in [5.41, 5.74) is 0. The number of carbonyl (C=O) groups is 3. The van der Waals surface area contributed by atoms with Gasteiger partial charge in [-0.2, -0.15) is 0 Å². The third-order valence-corrected chi connectivity index (χ3v) is 11.5. The Morgan fingerprint density at radius 2 is 0.782 bits per heavy atom. The molecule has 7 nitrogen and oxygen atoms in total. The fourth-order valence-corrected chi connectivity index (χ4v) is 7.71. The maximum Gasteiger partial charge on any atom is 0.306 e. The fourth-order valence-electron chi connectivity index (χ4n) is 7.71. The number of rotatable bonds is 42. The van der Waals surface area contributed by atoms with Crippen LogP contribution < -0.4 is 5.32 Å². The van der Waals surface area contributed by atoms with E-state index in [2.05, 4.69) is 44.8 Å². The number of hydrogen-bond acceptors (Lipinski definition) is 6. The highest BCUT2D eigenvalue weighted by molar-refractivity contribution is 5.78. The van der Waals surface area contributed by atoms with Crippen molar-refractivity contribution in [1.29, 1.82) is 0 Å². The summed E-state index contributed by atoms with van der Waals surface area (Å²) < 4.78 is 11.3. The summed E-state index contributed by atoms with van der Waals surface area (Å²) in [5.74, 6) is 1.13. The standard InChI is InChI=1S/C48H94N2O5/c1-7-12-24-32-43(33-25-13-8-2)40-47(52)54-38-30-22-18-16-20-28-36-45(49-46(51)42-50(6)11-5)37-29-21-17-19-23-31-39-55-48(53)41-44(34-26-14-9-3)35-27-15-10-4/h43-45H,7-42H2,1-6H3,(H,49,51). The van der Waals surface area contributed by atoms with Crippen molar-refractivity contribution in [3.63, 3.8) is 0 Å². The molecule has 55 heavy (non-hydrogen) atoms. The number of unbranched alkanes of at least 4 members (excludes halogenated alkanes) is 18. The van der Waals surface area contributed by atoms with Crippen LogP contribution in [0.15, 0.2) is 0 Å². The van der Waals surface area contributed by atoms with Crippen molar-refractivity contribution in [3.8, 4) is 0 Å².